The Morgan fingerprint density at radius 2 is 1.71 bits per heavy atom. The van der Waals surface area contributed by atoms with E-state index in [1.807, 2.05) is 13.8 Å². The second-order valence-corrected chi connectivity index (χ2v) is 6.59. The molecule has 0 atom stereocenters. The SMILES string of the molecule is CC(C)CN1CCN(CC(=O)NCCCOC(C)C)CC1. The van der Waals surface area contributed by atoms with Gasteiger partial charge in [-0.25, -0.2) is 0 Å². The van der Waals surface area contributed by atoms with Crippen LogP contribution in [0.25, 0.3) is 0 Å². The molecule has 124 valence electrons. The van der Waals surface area contributed by atoms with Gasteiger partial charge in [0.05, 0.1) is 12.6 Å². The molecule has 1 fully saturated rings. The smallest absolute Gasteiger partial charge is 0.234 e. The van der Waals surface area contributed by atoms with Gasteiger partial charge in [0, 0.05) is 45.9 Å². The van der Waals surface area contributed by atoms with Crippen LogP contribution in [-0.2, 0) is 9.53 Å². The number of piperazine rings is 1. The molecule has 5 heteroatoms. The molecule has 1 amide bonds. The zero-order valence-corrected chi connectivity index (χ0v) is 14.2. The molecule has 1 rings (SSSR count). The second kappa shape index (κ2) is 10.1. The van der Waals surface area contributed by atoms with Crippen LogP contribution in [0.4, 0.5) is 0 Å². The minimum Gasteiger partial charge on any atom is -0.379 e. The van der Waals surface area contributed by atoms with Gasteiger partial charge in [0.2, 0.25) is 5.91 Å². The monoisotopic (exact) mass is 299 g/mol. The van der Waals surface area contributed by atoms with Crippen LogP contribution in [0.15, 0.2) is 0 Å². The van der Waals surface area contributed by atoms with Gasteiger partial charge in [-0.2, -0.15) is 0 Å². The summed E-state index contributed by atoms with van der Waals surface area (Å²) in [7, 11) is 0. The third kappa shape index (κ3) is 9.06. The van der Waals surface area contributed by atoms with E-state index < -0.39 is 0 Å². The number of nitrogens with one attached hydrogen (secondary N) is 1. The number of hydrogen-bond donors (Lipinski definition) is 1. The Labute approximate surface area is 130 Å². The van der Waals surface area contributed by atoms with E-state index in [-0.39, 0.29) is 12.0 Å². The Kier molecular flexibility index (Phi) is 8.88. The van der Waals surface area contributed by atoms with Crippen LogP contribution in [0.3, 0.4) is 0 Å². The zero-order valence-electron chi connectivity index (χ0n) is 14.2. The van der Waals surface area contributed by atoms with Crippen molar-refractivity contribution in [1.29, 1.82) is 0 Å². The summed E-state index contributed by atoms with van der Waals surface area (Å²) < 4.78 is 5.45. The number of rotatable bonds is 9. The molecule has 1 heterocycles. The van der Waals surface area contributed by atoms with Gasteiger partial charge >= 0.3 is 0 Å². The summed E-state index contributed by atoms with van der Waals surface area (Å²) in [5.74, 6) is 0.852. The van der Waals surface area contributed by atoms with Crippen molar-refractivity contribution in [3.05, 3.63) is 0 Å². The van der Waals surface area contributed by atoms with Crippen LogP contribution in [0.2, 0.25) is 0 Å². The fourth-order valence-corrected chi connectivity index (χ4v) is 2.52. The Hall–Kier alpha value is -0.650. The van der Waals surface area contributed by atoms with Gasteiger partial charge in [0.25, 0.3) is 0 Å². The molecule has 0 saturated carbocycles. The number of carbonyl (C=O) groups is 1. The van der Waals surface area contributed by atoms with Crippen molar-refractivity contribution in [2.45, 2.75) is 40.2 Å². The average molecular weight is 299 g/mol. The highest BCUT2D eigenvalue weighted by Crippen LogP contribution is 2.04. The lowest BCUT2D eigenvalue weighted by molar-refractivity contribution is -0.122. The molecule has 1 aliphatic heterocycles. The molecule has 0 unspecified atom stereocenters. The van der Waals surface area contributed by atoms with Crippen molar-refractivity contribution < 1.29 is 9.53 Å². The lowest BCUT2D eigenvalue weighted by atomic mass is 10.2. The number of carbonyl (C=O) groups excluding carboxylic acids is 1. The molecule has 0 bridgehead atoms. The van der Waals surface area contributed by atoms with E-state index in [4.69, 9.17) is 4.74 Å². The van der Waals surface area contributed by atoms with E-state index in [9.17, 15) is 4.79 Å². The molecule has 1 aliphatic rings. The predicted molar refractivity (Wildman–Crippen MR) is 86.4 cm³/mol. The maximum Gasteiger partial charge on any atom is 0.234 e. The van der Waals surface area contributed by atoms with Gasteiger partial charge in [-0.1, -0.05) is 13.8 Å². The van der Waals surface area contributed by atoms with Crippen molar-refractivity contribution in [2.75, 3.05) is 52.4 Å². The van der Waals surface area contributed by atoms with Crippen molar-refractivity contribution in [2.24, 2.45) is 5.92 Å². The van der Waals surface area contributed by atoms with Gasteiger partial charge in [-0.3, -0.25) is 9.69 Å². The van der Waals surface area contributed by atoms with Crippen molar-refractivity contribution in [1.82, 2.24) is 15.1 Å². The number of ether oxygens (including phenoxy) is 1. The lowest BCUT2D eigenvalue weighted by Gasteiger charge is -2.35. The summed E-state index contributed by atoms with van der Waals surface area (Å²) in [5.41, 5.74) is 0. The van der Waals surface area contributed by atoms with Crippen LogP contribution in [0, 0.1) is 5.92 Å². The molecule has 5 nitrogen and oxygen atoms in total. The van der Waals surface area contributed by atoms with Crippen molar-refractivity contribution in [3.63, 3.8) is 0 Å². The fraction of sp³-hybridized carbons (Fsp3) is 0.938. The first-order valence-electron chi connectivity index (χ1n) is 8.30. The van der Waals surface area contributed by atoms with Crippen LogP contribution < -0.4 is 5.32 Å². The Balaban J connectivity index is 2.05. The normalized spacial score (nSPS) is 17.6. The first-order chi connectivity index (χ1) is 9.97. The van der Waals surface area contributed by atoms with Gasteiger partial charge in [0.1, 0.15) is 0 Å². The summed E-state index contributed by atoms with van der Waals surface area (Å²) in [4.78, 5) is 16.6. The van der Waals surface area contributed by atoms with Gasteiger partial charge in [0.15, 0.2) is 0 Å². The summed E-state index contributed by atoms with van der Waals surface area (Å²) >= 11 is 0. The zero-order chi connectivity index (χ0) is 15.7. The topological polar surface area (TPSA) is 44.8 Å². The molecule has 1 saturated heterocycles. The first-order valence-corrected chi connectivity index (χ1v) is 8.30. The van der Waals surface area contributed by atoms with E-state index >= 15 is 0 Å². The highest BCUT2D eigenvalue weighted by molar-refractivity contribution is 5.77. The first kappa shape index (κ1) is 18.4. The van der Waals surface area contributed by atoms with E-state index in [2.05, 4.69) is 29.0 Å². The van der Waals surface area contributed by atoms with E-state index in [1.165, 1.54) is 0 Å². The molecule has 0 radical (unpaired) electrons. The van der Waals surface area contributed by atoms with Crippen LogP contribution in [-0.4, -0.2) is 74.2 Å². The summed E-state index contributed by atoms with van der Waals surface area (Å²) in [5, 5.41) is 2.97. The van der Waals surface area contributed by atoms with Crippen molar-refractivity contribution >= 4 is 5.91 Å². The van der Waals surface area contributed by atoms with E-state index in [1.54, 1.807) is 0 Å². The molecular formula is C16H33N3O2. The van der Waals surface area contributed by atoms with Crippen LogP contribution in [0.1, 0.15) is 34.1 Å². The molecule has 0 aliphatic carbocycles. The molecule has 1 N–H and O–H groups in total. The highest BCUT2D eigenvalue weighted by Gasteiger charge is 2.18. The molecule has 0 aromatic heterocycles. The molecule has 21 heavy (non-hydrogen) atoms. The Morgan fingerprint density at radius 3 is 2.29 bits per heavy atom. The average Bonchev–Trinajstić information content (AvgIpc) is 2.39. The Bertz CT molecular complexity index is 287. The number of nitrogens with zero attached hydrogens (tertiary/aromatic N) is 2. The Morgan fingerprint density at radius 1 is 1.10 bits per heavy atom. The number of amides is 1. The van der Waals surface area contributed by atoms with Crippen LogP contribution >= 0.6 is 0 Å². The molecular weight excluding hydrogens is 266 g/mol. The minimum atomic E-state index is 0.136. The third-order valence-electron chi connectivity index (χ3n) is 3.55. The minimum absolute atomic E-state index is 0.136. The number of hydrogen-bond acceptors (Lipinski definition) is 4. The third-order valence-corrected chi connectivity index (χ3v) is 3.55. The molecule has 0 spiro atoms. The largest absolute Gasteiger partial charge is 0.379 e. The van der Waals surface area contributed by atoms with Gasteiger partial charge in [-0.15, -0.1) is 0 Å². The maximum absolute atomic E-state index is 11.9. The summed E-state index contributed by atoms with van der Waals surface area (Å²) in [6.45, 7) is 15.8. The predicted octanol–water partition coefficient (Wildman–Crippen LogP) is 1.19. The van der Waals surface area contributed by atoms with Crippen LogP contribution in [0.5, 0.6) is 0 Å². The highest BCUT2D eigenvalue weighted by atomic mass is 16.5. The molecule has 0 aromatic carbocycles. The van der Waals surface area contributed by atoms with Gasteiger partial charge < -0.3 is 15.0 Å². The van der Waals surface area contributed by atoms with Gasteiger partial charge in [-0.05, 0) is 26.2 Å². The van der Waals surface area contributed by atoms with Crippen molar-refractivity contribution in [3.8, 4) is 0 Å². The maximum atomic E-state index is 11.9. The second-order valence-electron chi connectivity index (χ2n) is 6.59. The fourth-order valence-electron chi connectivity index (χ4n) is 2.52. The standard InChI is InChI=1S/C16H33N3O2/c1-14(2)12-18-7-9-19(10-8-18)13-16(20)17-6-5-11-21-15(3)4/h14-15H,5-13H2,1-4H3,(H,17,20). The lowest BCUT2D eigenvalue weighted by Crippen LogP contribution is -2.50. The molecule has 0 aromatic rings. The summed E-state index contributed by atoms with van der Waals surface area (Å²) in [6, 6.07) is 0. The quantitative estimate of drug-likeness (QED) is 0.650. The summed E-state index contributed by atoms with van der Waals surface area (Å²) in [6.07, 6.45) is 1.15. The van der Waals surface area contributed by atoms with E-state index in [0.29, 0.717) is 25.6 Å². The van der Waals surface area contributed by atoms with E-state index in [0.717, 1.165) is 39.1 Å².